The predicted molar refractivity (Wildman–Crippen MR) is 103 cm³/mol. The van der Waals surface area contributed by atoms with Crippen LogP contribution in [0.4, 0.5) is 9.59 Å². The number of hydrogen-bond acceptors (Lipinski definition) is 6. The fourth-order valence-electron chi connectivity index (χ4n) is 2.60. The molecular formula is C16H26N4O4S2. The summed E-state index contributed by atoms with van der Waals surface area (Å²) in [7, 11) is 2.73. The van der Waals surface area contributed by atoms with Gasteiger partial charge >= 0.3 is 12.1 Å². The molecule has 6 amide bonds. The van der Waals surface area contributed by atoms with Crippen LogP contribution in [0, 0.1) is 5.92 Å². The highest BCUT2D eigenvalue weighted by atomic mass is 33.1. The Morgan fingerprint density at radius 3 is 2.27 bits per heavy atom. The molecule has 0 aliphatic heterocycles. The minimum absolute atomic E-state index is 0.0462. The van der Waals surface area contributed by atoms with Gasteiger partial charge in [0.1, 0.15) is 0 Å². The fraction of sp³-hybridized carbons (Fsp3) is 0.750. The summed E-state index contributed by atoms with van der Waals surface area (Å²) in [6, 6.07) is -0.697. The summed E-state index contributed by atoms with van der Waals surface area (Å²) in [5, 5.41) is 9.97. The van der Waals surface area contributed by atoms with E-state index in [0.717, 1.165) is 44.9 Å². The average molecular weight is 403 g/mol. The Bertz CT molecular complexity index is 522. The molecule has 0 unspecified atom stereocenters. The summed E-state index contributed by atoms with van der Waals surface area (Å²) in [5.74, 6) is 0.177. The van der Waals surface area contributed by atoms with Crippen LogP contribution in [0.5, 0.6) is 0 Å². The highest BCUT2D eigenvalue weighted by molar-refractivity contribution is 8.76. The Balaban J connectivity index is 1.44. The molecule has 0 heterocycles. The van der Waals surface area contributed by atoms with Gasteiger partial charge in [-0.1, -0.05) is 40.9 Å². The summed E-state index contributed by atoms with van der Waals surface area (Å²) in [5.41, 5.74) is 0. The normalized spacial score (nSPS) is 17.2. The van der Waals surface area contributed by atoms with Gasteiger partial charge in [-0.2, -0.15) is 0 Å². The zero-order valence-electron chi connectivity index (χ0n) is 14.7. The molecule has 0 radical (unpaired) electrons. The molecule has 26 heavy (non-hydrogen) atoms. The molecule has 2 aliphatic rings. The van der Waals surface area contributed by atoms with E-state index in [1.54, 1.807) is 0 Å². The Hall–Kier alpha value is -1.42. The lowest BCUT2D eigenvalue weighted by molar-refractivity contribution is -0.124. The number of carbonyl (C=O) groups excluding carboxylic acids is 4. The Morgan fingerprint density at radius 2 is 1.58 bits per heavy atom. The van der Waals surface area contributed by atoms with E-state index in [-0.39, 0.29) is 29.5 Å². The van der Waals surface area contributed by atoms with Crippen molar-refractivity contribution in [2.24, 2.45) is 5.92 Å². The molecule has 0 bridgehead atoms. The molecule has 2 fully saturated rings. The molecule has 146 valence electrons. The maximum atomic E-state index is 11.9. The van der Waals surface area contributed by atoms with Crippen LogP contribution >= 0.6 is 21.6 Å². The Morgan fingerprint density at radius 1 is 0.846 bits per heavy atom. The van der Waals surface area contributed by atoms with Crippen LogP contribution in [0.2, 0.25) is 0 Å². The summed E-state index contributed by atoms with van der Waals surface area (Å²) in [6.07, 6.45) is 6.90. The lowest BCUT2D eigenvalue weighted by Gasteiger charge is -2.20. The molecule has 0 atom stereocenters. The van der Waals surface area contributed by atoms with Gasteiger partial charge in [0.2, 0.25) is 11.8 Å². The second kappa shape index (κ2) is 11.3. The summed E-state index contributed by atoms with van der Waals surface area (Å²) in [4.78, 5) is 46.5. The van der Waals surface area contributed by atoms with Crippen LogP contribution in [0.3, 0.4) is 0 Å². The number of carbonyl (C=O) groups is 4. The van der Waals surface area contributed by atoms with E-state index in [1.807, 2.05) is 0 Å². The van der Waals surface area contributed by atoms with E-state index in [1.165, 1.54) is 21.6 Å². The molecule has 2 rings (SSSR count). The minimum atomic E-state index is -0.472. The summed E-state index contributed by atoms with van der Waals surface area (Å²) >= 11 is 0. The van der Waals surface area contributed by atoms with Crippen molar-refractivity contribution < 1.29 is 19.2 Å². The van der Waals surface area contributed by atoms with Gasteiger partial charge in [0.15, 0.2) is 0 Å². The van der Waals surface area contributed by atoms with Crippen molar-refractivity contribution in [3.63, 3.8) is 0 Å². The van der Waals surface area contributed by atoms with Crippen molar-refractivity contribution in [1.82, 2.24) is 21.3 Å². The average Bonchev–Trinajstić information content (AvgIpc) is 3.42. The number of urea groups is 2. The van der Waals surface area contributed by atoms with Gasteiger partial charge in [-0.05, 0) is 25.7 Å². The number of rotatable bonds is 8. The Labute approximate surface area is 161 Å². The third-order valence-electron chi connectivity index (χ3n) is 4.12. The van der Waals surface area contributed by atoms with Crippen molar-refractivity contribution in [2.45, 2.75) is 51.0 Å². The molecular weight excluding hydrogens is 376 g/mol. The molecule has 0 spiro atoms. The molecule has 0 aromatic rings. The standard InChI is InChI=1S/C16H26N4O4S2/c21-13(19-16(24)18-12-6-7-12)10-26-25-9-8-17-15(23)20-14(22)11-4-2-1-3-5-11/h11-12H,1-10H2,(H2,17,20,22,23)(H2,18,19,21,24). The first-order valence-electron chi connectivity index (χ1n) is 8.98. The van der Waals surface area contributed by atoms with Gasteiger partial charge in [0.25, 0.3) is 0 Å². The Kier molecular flexibility index (Phi) is 9.10. The molecule has 10 heteroatoms. The third kappa shape index (κ3) is 8.79. The summed E-state index contributed by atoms with van der Waals surface area (Å²) < 4.78 is 0. The van der Waals surface area contributed by atoms with Gasteiger partial charge in [-0.15, -0.1) is 0 Å². The van der Waals surface area contributed by atoms with Crippen LogP contribution in [0.1, 0.15) is 44.9 Å². The van der Waals surface area contributed by atoms with Gasteiger partial charge in [0.05, 0.1) is 5.75 Å². The first kappa shape index (κ1) is 20.9. The SMILES string of the molecule is O=C(CSSCCNC(=O)NC(=O)C1CCCCC1)NC(=O)NC1CC1. The second-order valence-electron chi connectivity index (χ2n) is 6.46. The number of nitrogens with one attached hydrogen (secondary N) is 4. The number of amides is 6. The monoisotopic (exact) mass is 402 g/mol. The molecule has 0 aromatic carbocycles. The van der Waals surface area contributed by atoms with Crippen molar-refractivity contribution in [1.29, 1.82) is 0 Å². The topological polar surface area (TPSA) is 116 Å². The number of imide groups is 2. The smallest absolute Gasteiger partial charge is 0.321 e. The maximum Gasteiger partial charge on any atom is 0.321 e. The van der Waals surface area contributed by atoms with Gasteiger partial charge < -0.3 is 10.6 Å². The molecule has 4 N–H and O–H groups in total. The third-order valence-corrected chi connectivity index (χ3v) is 6.39. The highest BCUT2D eigenvalue weighted by Crippen LogP contribution is 2.23. The van der Waals surface area contributed by atoms with Crippen LogP contribution in [0.15, 0.2) is 0 Å². The van der Waals surface area contributed by atoms with Gasteiger partial charge in [0, 0.05) is 24.3 Å². The highest BCUT2D eigenvalue weighted by Gasteiger charge is 2.24. The summed E-state index contributed by atoms with van der Waals surface area (Å²) in [6.45, 7) is 0.394. The van der Waals surface area contributed by atoms with E-state index in [4.69, 9.17) is 0 Å². The van der Waals surface area contributed by atoms with E-state index in [0.29, 0.717) is 12.3 Å². The van der Waals surface area contributed by atoms with Gasteiger partial charge in [-0.3, -0.25) is 20.2 Å². The number of hydrogen-bond donors (Lipinski definition) is 4. The minimum Gasteiger partial charge on any atom is -0.337 e. The van der Waals surface area contributed by atoms with Crippen LogP contribution in [-0.4, -0.2) is 48.0 Å². The molecule has 0 saturated heterocycles. The first-order chi connectivity index (χ1) is 12.5. The lowest BCUT2D eigenvalue weighted by Crippen LogP contribution is -2.43. The van der Waals surface area contributed by atoms with E-state index >= 15 is 0 Å². The molecule has 8 nitrogen and oxygen atoms in total. The molecule has 0 aromatic heterocycles. The first-order valence-corrected chi connectivity index (χ1v) is 11.5. The van der Waals surface area contributed by atoms with Crippen LogP contribution < -0.4 is 21.3 Å². The zero-order valence-corrected chi connectivity index (χ0v) is 16.3. The molecule has 2 aliphatic carbocycles. The van der Waals surface area contributed by atoms with E-state index in [9.17, 15) is 19.2 Å². The van der Waals surface area contributed by atoms with E-state index in [2.05, 4.69) is 21.3 Å². The zero-order chi connectivity index (χ0) is 18.8. The lowest BCUT2D eigenvalue weighted by atomic mass is 9.89. The largest absolute Gasteiger partial charge is 0.337 e. The fourth-order valence-corrected chi connectivity index (χ4v) is 4.34. The van der Waals surface area contributed by atoms with Crippen molar-refractivity contribution >= 4 is 45.5 Å². The second-order valence-corrected chi connectivity index (χ2v) is 9.04. The van der Waals surface area contributed by atoms with Crippen LogP contribution in [-0.2, 0) is 9.59 Å². The molecule has 2 saturated carbocycles. The van der Waals surface area contributed by atoms with Crippen LogP contribution in [0.25, 0.3) is 0 Å². The van der Waals surface area contributed by atoms with E-state index < -0.39 is 12.1 Å². The van der Waals surface area contributed by atoms with Crippen molar-refractivity contribution in [3.8, 4) is 0 Å². The van der Waals surface area contributed by atoms with Crippen molar-refractivity contribution in [3.05, 3.63) is 0 Å². The van der Waals surface area contributed by atoms with Gasteiger partial charge in [-0.25, -0.2) is 9.59 Å². The maximum absolute atomic E-state index is 11.9. The predicted octanol–water partition coefficient (Wildman–Crippen LogP) is 1.76. The quantitative estimate of drug-likeness (QED) is 0.363. The van der Waals surface area contributed by atoms with Crippen molar-refractivity contribution in [2.75, 3.05) is 18.1 Å².